The average Bonchev–Trinajstić information content (AvgIpc) is 2.96. The first-order valence-corrected chi connectivity index (χ1v) is 15.3. The molecule has 1 aromatic carbocycles. The number of ether oxygens (including phenoxy) is 2. The summed E-state index contributed by atoms with van der Waals surface area (Å²) >= 11 is 0. The summed E-state index contributed by atoms with van der Waals surface area (Å²) in [7, 11) is 2.01. The molecule has 1 N–H and O–H groups in total. The molecule has 7 heteroatoms. The van der Waals surface area contributed by atoms with E-state index in [1.807, 2.05) is 31.4 Å². The number of esters is 2. The first-order valence-electron chi connectivity index (χ1n) is 15.3. The summed E-state index contributed by atoms with van der Waals surface area (Å²) in [6.45, 7) is 9.50. The second-order valence-electron chi connectivity index (χ2n) is 10.9. The van der Waals surface area contributed by atoms with Crippen molar-refractivity contribution in [3.8, 4) is 0 Å². The number of allylic oxidation sites excluding steroid dienone is 4. The fourth-order valence-corrected chi connectivity index (χ4v) is 4.46. The third-order valence-electron chi connectivity index (χ3n) is 7.08. The lowest BCUT2D eigenvalue weighted by Crippen LogP contribution is -2.48. The topological polar surface area (TPSA) is 89.9 Å². The quantitative estimate of drug-likeness (QED) is 0.0420. The highest BCUT2D eigenvalue weighted by Gasteiger charge is 2.23. The van der Waals surface area contributed by atoms with Gasteiger partial charge in [0.15, 0.2) is 0 Å². The Balaban J connectivity index is 2.55. The second-order valence-corrected chi connectivity index (χ2v) is 10.9. The molecular formula is C35H52NO6+. The molecule has 0 unspecified atom stereocenters. The molecular weight excluding hydrogens is 530 g/mol. The van der Waals surface area contributed by atoms with Gasteiger partial charge in [0.2, 0.25) is 0 Å². The van der Waals surface area contributed by atoms with E-state index in [-0.39, 0.29) is 30.7 Å². The summed E-state index contributed by atoms with van der Waals surface area (Å²) in [6.07, 6.45) is 23.4. The summed E-state index contributed by atoms with van der Waals surface area (Å²) in [4.78, 5) is 35.6. The number of carboxylic acid groups (broad SMARTS) is 1. The number of quaternary nitrogens is 1. The molecule has 0 aromatic heterocycles. The van der Waals surface area contributed by atoms with Crippen molar-refractivity contribution >= 4 is 17.9 Å². The van der Waals surface area contributed by atoms with E-state index in [9.17, 15) is 19.5 Å². The maximum Gasteiger partial charge on any atom is 0.335 e. The zero-order chi connectivity index (χ0) is 30.9. The van der Waals surface area contributed by atoms with E-state index in [2.05, 4.69) is 13.2 Å². The van der Waals surface area contributed by atoms with Gasteiger partial charge >= 0.3 is 17.9 Å². The molecule has 0 amide bonds. The van der Waals surface area contributed by atoms with Crippen molar-refractivity contribution < 1.29 is 33.4 Å². The van der Waals surface area contributed by atoms with E-state index in [1.54, 1.807) is 24.3 Å². The third kappa shape index (κ3) is 18.8. The molecule has 1 rings (SSSR count). The Morgan fingerprint density at radius 1 is 0.714 bits per heavy atom. The lowest BCUT2D eigenvalue weighted by molar-refractivity contribution is -0.922. The summed E-state index contributed by atoms with van der Waals surface area (Å²) in [6, 6.07) is 6.74. The maximum atomic E-state index is 12.2. The minimum Gasteiger partial charge on any atom is -0.478 e. The standard InChI is InChI=1S/C35H51NO6/c1-4-6-8-10-12-14-16-18-20-33(37)41-28-26-36(3,30-31-22-24-32(25-23-31)35(39)40)27-29-42-34(38)21-19-17-15-13-11-9-7-5-2/h4-5,18-25H,1-2,6-17,26-30H2,3H3/p+1. The predicted octanol–water partition coefficient (Wildman–Crippen LogP) is 7.58. The highest BCUT2D eigenvalue weighted by molar-refractivity contribution is 5.87. The number of likely N-dealkylation sites (N-methyl/N-ethyl adjacent to an activating group) is 1. The molecule has 0 saturated carbocycles. The van der Waals surface area contributed by atoms with Crippen LogP contribution >= 0.6 is 0 Å². The van der Waals surface area contributed by atoms with E-state index in [0.717, 1.165) is 69.8 Å². The van der Waals surface area contributed by atoms with E-state index >= 15 is 0 Å². The third-order valence-corrected chi connectivity index (χ3v) is 7.08. The van der Waals surface area contributed by atoms with Crippen LogP contribution in [0, 0.1) is 0 Å². The normalized spacial score (nSPS) is 12.7. The van der Waals surface area contributed by atoms with Crippen LogP contribution in [0.5, 0.6) is 0 Å². The maximum absolute atomic E-state index is 12.2. The van der Waals surface area contributed by atoms with E-state index in [1.165, 1.54) is 25.0 Å². The molecule has 0 heterocycles. The molecule has 0 saturated heterocycles. The number of carboxylic acids is 1. The van der Waals surface area contributed by atoms with Gasteiger partial charge in [-0.05, 0) is 63.5 Å². The average molecular weight is 583 g/mol. The molecule has 0 fully saturated rings. The molecule has 232 valence electrons. The Morgan fingerprint density at radius 3 is 1.55 bits per heavy atom. The first-order chi connectivity index (χ1) is 20.3. The SMILES string of the molecule is C=CCCCCCCC=CC(=O)OCC[N+](C)(CCOC(=O)C=CCCCCCCC=C)Cc1ccc(C(=O)O)cc1. The molecule has 0 aliphatic carbocycles. The Hall–Kier alpha value is -3.45. The van der Waals surface area contributed by atoms with E-state index in [0.29, 0.717) is 24.1 Å². The summed E-state index contributed by atoms with van der Waals surface area (Å²) < 4.78 is 11.4. The van der Waals surface area contributed by atoms with Gasteiger partial charge in [-0.2, -0.15) is 0 Å². The van der Waals surface area contributed by atoms with Gasteiger partial charge in [0.05, 0.1) is 12.6 Å². The molecule has 42 heavy (non-hydrogen) atoms. The Morgan fingerprint density at radius 2 is 1.14 bits per heavy atom. The molecule has 0 aliphatic heterocycles. The van der Waals surface area contributed by atoms with E-state index < -0.39 is 5.97 Å². The van der Waals surface area contributed by atoms with Gasteiger partial charge in [-0.25, -0.2) is 14.4 Å². The van der Waals surface area contributed by atoms with Crippen molar-refractivity contribution in [2.45, 2.75) is 83.6 Å². The van der Waals surface area contributed by atoms with Gasteiger partial charge in [0.25, 0.3) is 0 Å². The second kappa shape index (κ2) is 23.1. The number of nitrogens with zero attached hydrogens (tertiary/aromatic N) is 1. The highest BCUT2D eigenvalue weighted by atomic mass is 16.5. The molecule has 0 spiro atoms. The lowest BCUT2D eigenvalue weighted by Gasteiger charge is -2.34. The fourth-order valence-electron chi connectivity index (χ4n) is 4.46. The first kappa shape index (κ1) is 36.6. The van der Waals surface area contributed by atoms with Crippen LogP contribution in [-0.4, -0.2) is 60.8 Å². The van der Waals surface area contributed by atoms with Crippen LogP contribution < -0.4 is 0 Å². The van der Waals surface area contributed by atoms with Gasteiger partial charge in [-0.15, -0.1) is 13.2 Å². The summed E-state index contributed by atoms with van der Waals surface area (Å²) in [5.41, 5.74) is 1.17. The van der Waals surface area contributed by atoms with Crippen LogP contribution in [0.25, 0.3) is 0 Å². The number of benzene rings is 1. The van der Waals surface area contributed by atoms with Crippen molar-refractivity contribution in [1.82, 2.24) is 0 Å². The molecule has 0 aliphatic rings. The van der Waals surface area contributed by atoms with Gasteiger partial charge < -0.3 is 19.1 Å². The van der Waals surface area contributed by atoms with Crippen molar-refractivity contribution in [3.63, 3.8) is 0 Å². The Bertz CT molecular complexity index is 947. The van der Waals surface area contributed by atoms with Crippen LogP contribution in [0.1, 0.15) is 93.0 Å². The van der Waals surface area contributed by atoms with Crippen LogP contribution in [-0.2, 0) is 25.6 Å². The summed E-state index contributed by atoms with van der Waals surface area (Å²) in [5, 5.41) is 9.20. The van der Waals surface area contributed by atoms with Crippen LogP contribution in [0.15, 0.2) is 73.9 Å². The Kier molecular flexibility index (Phi) is 20.2. The minimum atomic E-state index is -0.973. The molecule has 0 radical (unpaired) electrons. The monoisotopic (exact) mass is 582 g/mol. The van der Waals surface area contributed by atoms with E-state index in [4.69, 9.17) is 9.47 Å². The van der Waals surface area contributed by atoms with Crippen LogP contribution in [0.3, 0.4) is 0 Å². The molecule has 7 nitrogen and oxygen atoms in total. The lowest BCUT2D eigenvalue weighted by atomic mass is 10.1. The number of unbranched alkanes of at least 4 members (excludes halogenated alkanes) is 10. The number of carbonyl (C=O) groups excluding carboxylic acids is 2. The van der Waals surface area contributed by atoms with Gasteiger partial charge in [0.1, 0.15) is 32.8 Å². The highest BCUT2D eigenvalue weighted by Crippen LogP contribution is 2.14. The molecule has 0 atom stereocenters. The van der Waals surface area contributed by atoms with Crippen LogP contribution in [0.2, 0.25) is 0 Å². The van der Waals surface area contributed by atoms with Gasteiger partial charge in [0, 0.05) is 17.7 Å². The summed E-state index contributed by atoms with van der Waals surface area (Å²) in [5.74, 6) is -1.70. The van der Waals surface area contributed by atoms with Gasteiger partial charge in [-0.3, -0.25) is 0 Å². The zero-order valence-corrected chi connectivity index (χ0v) is 25.6. The minimum absolute atomic E-state index is 0.217. The smallest absolute Gasteiger partial charge is 0.335 e. The predicted molar refractivity (Wildman–Crippen MR) is 169 cm³/mol. The van der Waals surface area contributed by atoms with Crippen molar-refractivity contribution in [1.29, 1.82) is 0 Å². The number of hydrogen-bond donors (Lipinski definition) is 1. The molecule has 0 bridgehead atoms. The van der Waals surface area contributed by atoms with Crippen LogP contribution in [0.4, 0.5) is 0 Å². The number of aromatic carboxylic acids is 1. The Labute approximate surface area is 253 Å². The van der Waals surface area contributed by atoms with Crippen molar-refractivity contribution in [3.05, 3.63) is 85.0 Å². The van der Waals surface area contributed by atoms with Crippen molar-refractivity contribution in [2.75, 3.05) is 33.4 Å². The number of carbonyl (C=O) groups is 3. The van der Waals surface area contributed by atoms with Gasteiger partial charge in [-0.1, -0.05) is 62.1 Å². The van der Waals surface area contributed by atoms with Crippen molar-refractivity contribution in [2.24, 2.45) is 0 Å². The fraction of sp³-hybridized carbons (Fsp3) is 0.514. The zero-order valence-electron chi connectivity index (χ0n) is 25.6. The molecule has 1 aromatic rings. The number of rotatable bonds is 25. The largest absolute Gasteiger partial charge is 0.478 e. The number of hydrogen-bond acceptors (Lipinski definition) is 5.